The van der Waals surface area contributed by atoms with Crippen LogP contribution in [0.3, 0.4) is 0 Å². The van der Waals surface area contributed by atoms with Gasteiger partial charge >= 0.3 is 0 Å². The molecule has 0 N–H and O–H groups in total. The number of rotatable bonds is 9. The molecule has 0 fully saturated rings. The normalized spacial score (nSPS) is 11.3. The third-order valence-electron chi connectivity index (χ3n) is 12.9. The smallest absolute Gasteiger partial charge is 0.145 e. The summed E-state index contributed by atoms with van der Waals surface area (Å²) < 4.78 is 6.79. The summed E-state index contributed by atoms with van der Waals surface area (Å²) in [7, 11) is 0. The largest absolute Gasteiger partial charge is 0.455 e. The highest BCUT2D eigenvalue weighted by Crippen LogP contribution is 2.47. The molecule has 1 aromatic heterocycles. The lowest BCUT2D eigenvalue weighted by atomic mass is 9.88. The molecule has 0 saturated carbocycles. The molecule has 0 atom stereocenters. The van der Waals surface area contributed by atoms with Gasteiger partial charge in [0.2, 0.25) is 0 Å². The van der Waals surface area contributed by atoms with Crippen LogP contribution >= 0.6 is 0 Å². The van der Waals surface area contributed by atoms with Gasteiger partial charge in [-0.25, -0.2) is 0 Å². The second-order valence-corrected chi connectivity index (χ2v) is 16.8. The van der Waals surface area contributed by atoms with Gasteiger partial charge in [-0.2, -0.15) is 0 Å². The topological polar surface area (TPSA) is 16.4 Å². The maximum absolute atomic E-state index is 6.79. The molecule has 11 aromatic carbocycles. The zero-order chi connectivity index (χ0) is 43.8. The number of hydrogen-bond donors (Lipinski definition) is 0. The Kier molecular flexibility index (Phi) is 9.89. The molecule has 0 aliphatic heterocycles. The van der Waals surface area contributed by atoms with Gasteiger partial charge < -0.3 is 9.32 Å². The molecule has 12 rings (SSSR count). The van der Waals surface area contributed by atoms with Crippen LogP contribution in [-0.2, 0) is 0 Å². The fourth-order valence-electron chi connectivity index (χ4n) is 9.66. The molecule has 0 radical (unpaired) electrons. The average Bonchev–Trinajstić information content (AvgIpc) is 3.80. The van der Waals surface area contributed by atoms with Crippen LogP contribution in [0, 0.1) is 0 Å². The lowest BCUT2D eigenvalue weighted by Gasteiger charge is -2.27. The highest BCUT2D eigenvalue weighted by atomic mass is 16.3. The number of hydrogen-bond acceptors (Lipinski definition) is 2. The van der Waals surface area contributed by atoms with E-state index in [4.69, 9.17) is 4.42 Å². The number of anilines is 3. The van der Waals surface area contributed by atoms with E-state index in [0.29, 0.717) is 0 Å². The van der Waals surface area contributed by atoms with Gasteiger partial charge in [-0.3, -0.25) is 0 Å². The molecule has 1 heterocycles. The maximum atomic E-state index is 6.79. The van der Waals surface area contributed by atoms with Crippen LogP contribution < -0.4 is 4.90 Å². The Balaban J connectivity index is 0.990. The Bertz CT molecular complexity index is 3670. The summed E-state index contributed by atoms with van der Waals surface area (Å²) in [5.41, 5.74) is 18.9. The summed E-state index contributed by atoms with van der Waals surface area (Å²) in [4.78, 5) is 2.38. The number of benzene rings is 11. The van der Waals surface area contributed by atoms with Crippen molar-refractivity contribution in [3.05, 3.63) is 261 Å². The summed E-state index contributed by atoms with van der Waals surface area (Å²) in [5, 5.41) is 4.63. The van der Waals surface area contributed by atoms with E-state index in [1.54, 1.807) is 0 Å². The van der Waals surface area contributed by atoms with E-state index in [1.807, 2.05) is 6.07 Å². The molecular weight excluding hydrogens is 799 g/mol. The number of para-hydroxylation sites is 1. The maximum Gasteiger partial charge on any atom is 0.145 e. The van der Waals surface area contributed by atoms with Crippen molar-refractivity contribution in [3.8, 4) is 66.8 Å². The van der Waals surface area contributed by atoms with Crippen molar-refractivity contribution >= 4 is 49.8 Å². The van der Waals surface area contributed by atoms with Gasteiger partial charge in [0.15, 0.2) is 0 Å². The number of furan rings is 1. The average molecular weight is 842 g/mol. The van der Waals surface area contributed by atoms with Crippen LogP contribution in [0.2, 0.25) is 0 Å². The Morgan fingerprint density at radius 2 is 0.742 bits per heavy atom. The first-order chi connectivity index (χ1) is 32.7. The summed E-state index contributed by atoms with van der Waals surface area (Å²) in [6.07, 6.45) is 0. The summed E-state index contributed by atoms with van der Waals surface area (Å²) in [5.74, 6) is 0. The first-order valence-electron chi connectivity index (χ1n) is 22.6. The Hall–Kier alpha value is -8.72. The van der Waals surface area contributed by atoms with Gasteiger partial charge in [0.1, 0.15) is 11.2 Å². The molecule has 0 amide bonds. The minimum absolute atomic E-state index is 0.864. The second-order valence-electron chi connectivity index (χ2n) is 16.8. The monoisotopic (exact) mass is 841 g/mol. The van der Waals surface area contributed by atoms with Crippen LogP contribution in [0.4, 0.5) is 17.1 Å². The van der Waals surface area contributed by atoms with Gasteiger partial charge in [-0.05, 0) is 127 Å². The van der Waals surface area contributed by atoms with Crippen LogP contribution in [0.25, 0.3) is 99.5 Å². The van der Waals surface area contributed by atoms with Crippen molar-refractivity contribution < 1.29 is 4.42 Å². The van der Waals surface area contributed by atoms with E-state index in [2.05, 4.69) is 260 Å². The summed E-state index contributed by atoms with van der Waals surface area (Å²) in [6, 6.07) is 93.8. The molecule has 0 aliphatic carbocycles. The number of nitrogens with zero attached hydrogens (tertiary/aromatic N) is 1. The Morgan fingerprint density at radius 1 is 0.273 bits per heavy atom. The molecule has 0 aliphatic rings. The van der Waals surface area contributed by atoms with Crippen LogP contribution in [0.5, 0.6) is 0 Å². The standard InChI is InChI=1S/C64H43NO/c1-4-17-46(18-5-1)57-39-34-52(43-60(57)48-21-8-3-9-22-48)56-25-13-12-24-55(56)49-32-37-54(38-33-49)65(53-35-30-45(31-36-53)51-29-28-44-16-10-11-23-50(44)42-51)61-41-40-58(47-19-6-2-7-20-47)64-63(61)59-26-14-15-27-62(59)66-64/h1-43H. The van der Waals surface area contributed by atoms with E-state index in [-0.39, 0.29) is 0 Å². The molecule has 2 nitrogen and oxygen atoms in total. The molecule has 310 valence electrons. The van der Waals surface area contributed by atoms with Gasteiger partial charge in [0.05, 0.1) is 11.1 Å². The van der Waals surface area contributed by atoms with Crippen LogP contribution in [-0.4, -0.2) is 0 Å². The molecule has 0 spiro atoms. The molecular formula is C64H43NO. The SMILES string of the molecule is c1ccc(-c2ccc(-c3ccccc3-c3ccc(N(c4ccc(-c5ccc6ccccc6c5)cc4)c4ccc(-c5ccccc5)c5oc6ccccc6c45)cc3)cc2-c2ccccc2)cc1. The van der Waals surface area contributed by atoms with Crippen LogP contribution in [0.15, 0.2) is 265 Å². The van der Waals surface area contributed by atoms with Crippen molar-refractivity contribution in [1.29, 1.82) is 0 Å². The van der Waals surface area contributed by atoms with Crippen LogP contribution in [0.1, 0.15) is 0 Å². The predicted octanol–water partition coefficient (Wildman–Crippen LogP) is 18.2. The van der Waals surface area contributed by atoms with Gasteiger partial charge in [0, 0.05) is 22.3 Å². The lowest BCUT2D eigenvalue weighted by molar-refractivity contribution is 0.670. The first-order valence-corrected chi connectivity index (χ1v) is 22.6. The van der Waals surface area contributed by atoms with Gasteiger partial charge in [-0.1, -0.05) is 206 Å². The quantitative estimate of drug-likeness (QED) is 0.144. The first kappa shape index (κ1) is 38.9. The molecule has 0 unspecified atom stereocenters. The zero-order valence-electron chi connectivity index (χ0n) is 36.2. The molecule has 2 heteroatoms. The minimum Gasteiger partial charge on any atom is -0.455 e. The van der Waals surface area contributed by atoms with Crippen molar-refractivity contribution in [1.82, 2.24) is 0 Å². The predicted molar refractivity (Wildman–Crippen MR) is 279 cm³/mol. The highest BCUT2D eigenvalue weighted by molar-refractivity contribution is 6.17. The zero-order valence-corrected chi connectivity index (χ0v) is 36.2. The highest BCUT2D eigenvalue weighted by Gasteiger charge is 2.23. The lowest BCUT2D eigenvalue weighted by Crippen LogP contribution is -2.10. The fraction of sp³-hybridized carbons (Fsp3) is 0. The summed E-state index contributed by atoms with van der Waals surface area (Å²) >= 11 is 0. The van der Waals surface area contributed by atoms with Gasteiger partial charge in [-0.15, -0.1) is 0 Å². The second kappa shape index (κ2) is 16.8. The fourth-order valence-corrected chi connectivity index (χ4v) is 9.66. The van der Waals surface area contributed by atoms with Crippen molar-refractivity contribution in [2.24, 2.45) is 0 Å². The van der Waals surface area contributed by atoms with Crippen molar-refractivity contribution in [3.63, 3.8) is 0 Å². The Labute approximate surface area is 384 Å². The number of fused-ring (bicyclic) bond motifs is 4. The Morgan fingerprint density at radius 3 is 1.42 bits per heavy atom. The van der Waals surface area contributed by atoms with E-state index in [0.717, 1.165) is 55.7 Å². The molecule has 66 heavy (non-hydrogen) atoms. The van der Waals surface area contributed by atoms with Crippen molar-refractivity contribution in [2.45, 2.75) is 0 Å². The van der Waals surface area contributed by atoms with E-state index in [9.17, 15) is 0 Å². The molecule has 0 saturated heterocycles. The van der Waals surface area contributed by atoms with E-state index < -0.39 is 0 Å². The van der Waals surface area contributed by atoms with E-state index >= 15 is 0 Å². The molecule has 12 aromatic rings. The third kappa shape index (κ3) is 7.12. The summed E-state index contributed by atoms with van der Waals surface area (Å²) in [6.45, 7) is 0. The molecule has 0 bridgehead atoms. The van der Waals surface area contributed by atoms with Gasteiger partial charge in [0.25, 0.3) is 0 Å². The van der Waals surface area contributed by atoms with Crippen molar-refractivity contribution in [2.75, 3.05) is 4.90 Å². The minimum atomic E-state index is 0.864. The third-order valence-corrected chi connectivity index (χ3v) is 12.9. The van der Waals surface area contributed by atoms with E-state index in [1.165, 1.54) is 60.8 Å².